The highest BCUT2D eigenvalue weighted by Crippen LogP contribution is 2.22. The van der Waals surface area contributed by atoms with Gasteiger partial charge in [0.2, 0.25) is 5.91 Å². The number of hydrogen-bond donors (Lipinski definition) is 1. The van der Waals surface area contributed by atoms with Crippen LogP contribution in [0.4, 0.5) is 0 Å². The van der Waals surface area contributed by atoms with Gasteiger partial charge in [-0.2, -0.15) is 0 Å². The lowest BCUT2D eigenvalue weighted by molar-refractivity contribution is -0.119. The Morgan fingerprint density at radius 3 is 2.38 bits per heavy atom. The van der Waals surface area contributed by atoms with Crippen LogP contribution in [0.15, 0.2) is 40.9 Å². The molecule has 0 saturated carbocycles. The number of hydrogen-bond acceptors (Lipinski definition) is 2. The van der Waals surface area contributed by atoms with Crippen LogP contribution >= 0.6 is 27.7 Å². The number of aryl methyl sites for hydroxylation is 3. The van der Waals surface area contributed by atoms with Crippen molar-refractivity contribution >= 4 is 33.6 Å². The Labute approximate surface area is 157 Å². The Kier molecular flexibility index (Phi) is 6.93. The number of amides is 1. The van der Waals surface area contributed by atoms with Crippen LogP contribution in [0.25, 0.3) is 0 Å². The van der Waals surface area contributed by atoms with E-state index in [1.165, 1.54) is 27.8 Å². The first-order valence-corrected chi connectivity index (χ1v) is 10.0. The molecule has 2 aromatic carbocycles. The maximum Gasteiger partial charge on any atom is 0.230 e. The van der Waals surface area contributed by atoms with Crippen molar-refractivity contribution in [1.82, 2.24) is 5.32 Å². The first-order chi connectivity index (χ1) is 11.4. The van der Waals surface area contributed by atoms with Crippen LogP contribution in [-0.2, 0) is 10.5 Å². The molecule has 1 amide bonds. The lowest BCUT2D eigenvalue weighted by atomic mass is 9.96. The predicted octanol–water partition coefficient (Wildman–Crippen LogP) is 5.48. The van der Waals surface area contributed by atoms with Crippen LogP contribution in [-0.4, -0.2) is 11.7 Å². The summed E-state index contributed by atoms with van der Waals surface area (Å²) in [6.45, 7) is 8.39. The van der Waals surface area contributed by atoms with Crippen molar-refractivity contribution in [2.45, 2.75) is 39.5 Å². The van der Waals surface area contributed by atoms with Crippen LogP contribution in [0.1, 0.15) is 40.8 Å². The summed E-state index contributed by atoms with van der Waals surface area (Å²) in [5.41, 5.74) is 6.22. The minimum atomic E-state index is 0.0325. The lowest BCUT2D eigenvalue weighted by Gasteiger charge is -2.18. The summed E-state index contributed by atoms with van der Waals surface area (Å²) in [5, 5.41) is 3.11. The SMILES string of the molecule is Cc1cc(C)c([C@H](C)NC(=O)CSCc2ccc(Br)cc2)cc1C. The van der Waals surface area contributed by atoms with Crippen LogP contribution in [0.5, 0.6) is 0 Å². The maximum atomic E-state index is 12.2. The topological polar surface area (TPSA) is 29.1 Å². The van der Waals surface area contributed by atoms with E-state index >= 15 is 0 Å². The molecule has 0 aliphatic rings. The van der Waals surface area contributed by atoms with Crippen molar-refractivity contribution in [1.29, 1.82) is 0 Å². The normalized spacial score (nSPS) is 12.0. The zero-order chi connectivity index (χ0) is 17.7. The van der Waals surface area contributed by atoms with Gasteiger partial charge in [0.05, 0.1) is 11.8 Å². The first kappa shape index (κ1) is 19.1. The molecule has 0 radical (unpaired) electrons. The molecule has 128 valence electrons. The summed E-state index contributed by atoms with van der Waals surface area (Å²) in [5.74, 6) is 1.41. The molecule has 1 atom stereocenters. The van der Waals surface area contributed by atoms with Gasteiger partial charge in [0.1, 0.15) is 0 Å². The zero-order valence-electron chi connectivity index (χ0n) is 14.7. The van der Waals surface area contributed by atoms with Gasteiger partial charge in [0.25, 0.3) is 0 Å². The van der Waals surface area contributed by atoms with Crippen molar-refractivity contribution in [2.75, 3.05) is 5.75 Å². The fraction of sp³-hybridized carbons (Fsp3) is 0.350. The van der Waals surface area contributed by atoms with Crippen molar-refractivity contribution in [3.8, 4) is 0 Å². The summed E-state index contributed by atoms with van der Waals surface area (Å²) in [6.07, 6.45) is 0. The maximum absolute atomic E-state index is 12.2. The fourth-order valence-corrected chi connectivity index (χ4v) is 3.72. The standard InChI is InChI=1S/C20H24BrNOS/c1-13-9-15(3)19(10-14(13)2)16(4)22-20(23)12-24-11-17-5-7-18(21)8-6-17/h5-10,16H,11-12H2,1-4H3,(H,22,23)/t16-/m0/s1. The monoisotopic (exact) mass is 405 g/mol. The molecule has 0 heterocycles. The predicted molar refractivity (Wildman–Crippen MR) is 108 cm³/mol. The van der Waals surface area contributed by atoms with E-state index in [4.69, 9.17) is 0 Å². The number of benzene rings is 2. The Hall–Kier alpha value is -1.26. The number of nitrogens with one attached hydrogen (secondary N) is 1. The molecule has 0 spiro atoms. The molecule has 0 saturated heterocycles. The van der Waals surface area contributed by atoms with Gasteiger partial charge in [0.15, 0.2) is 0 Å². The zero-order valence-corrected chi connectivity index (χ0v) is 17.1. The molecule has 2 nitrogen and oxygen atoms in total. The van der Waals surface area contributed by atoms with E-state index in [1.807, 2.05) is 19.1 Å². The molecule has 0 aliphatic heterocycles. The summed E-state index contributed by atoms with van der Waals surface area (Å²) < 4.78 is 1.08. The summed E-state index contributed by atoms with van der Waals surface area (Å²) in [6, 6.07) is 12.6. The van der Waals surface area contributed by atoms with Gasteiger partial charge in [-0.1, -0.05) is 40.2 Å². The highest BCUT2D eigenvalue weighted by molar-refractivity contribution is 9.10. The van der Waals surface area contributed by atoms with Crippen molar-refractivity contribution in [3.05, 3.63) is 68.7 Å². The molecule has 0 aliphatic carbocycles. The second-order valence-electron chi connectivity index (χ2n) is 6.20. The number of thioether (sulfide) groups is 1. The third-order valence-corrected chi connectivity index (χ3v) is 5.67. The second kappa shape index (κ2) is 8.72. The molecule has 0 aromatic heterocycles. The highest BCUT2D eigenvalue weighted by atomic mass is 79.9. The van der Waals surface area contributed by atoms with Gasteiger partial charge in [-0.25, -0.2) is 0 Å². The minimum absolute atomic E-state index is 0.0325. The van der Waals surface area contributed by atoms with Crippen molar-refractivity contribution < 1.29 is 4.79 Å². The molecule has 0 fully saturated rings. The Morgan fingerprint density at radius 2 is 1.71 bits per heavy atom. The van der Waals surface area contributed by atoms with Crippen LogP contribution in [0.2, 0.25) is 0 Å². The van der Waals surface area contributed by atoms with E-state index in [0.717, 1.165) is 10.2 Å². The smallest absolute Gasteiger partial charge is 0.230 e. The summed E-state index contributed by atoms with van der Waals surface area (Å²) in [7, 11) is 0. The minimum Gasteiger partial charge on any atom is -0.349 e. The van der Waals surface area contributed by atoms with Gasteiger partial charge >= 0.3 is 0 Å². The number of carbonyl (C=O) groups excluding carboxylic acids is 1. The van der Waals surface area contributed by atoms with Gasteiger partial charge in [0, 0.05) is 10.2 Å². The Balaban J connectivity index is 1.85. The van der Waals surface area contributed by atoms with E-state index in [1.54, 1.807) is 11.8 Å². The molecule has 1 N–H and O–H groups in total. The van der Waals surface area contributed by atoms with Gasteiger partial charge in [-0.3, -0.25) is 4.79 Å². The van der Waals surface area contributed by atoms with E-state index in [-0.39, 0.29) is 11.9 Å². The molecule has 4 heteroatoms. The van der Waals surface area contributed by atoms with E-state index in [9.17, 15) is 4.79 Å². The largest absolute Gasteiger partial charge is 0.349 e. The van der Waals surface area contributed by atoms with Crippen LogP contribution < -0.4 is 5.32 Å². The number of rotatable bonds is 6. The number of carbonyl (C=O) groups is 1. The first-order valence-electron chi connectivity index (χ1n) is 8.06. The summed E-state index contributed by atoms with van der Waals surface area (Å²) in [4.78, 5) is 12.2. The molecule has 2 rings (SSSR count). The van der Waals surface area contributed by atoms with Crippen molar-refractivity contribution in [2.24, 2.45) is 0 Å². The lowest BCUT2D eigenvalue weighted by Crippen LogP contribution is -2.28. The van der Waals surface area contributed by atoms with Crippen LogP contribution in [0, 0.1) is 20.8 Å². The van der Waals surface area contributed by atoms with Gasteiger partial charge in [-0.15, -0.1) is 11.8 Å². The Bertz CT molecular complexity index is 712. The third-order valence-electron chi connectivity index (χ3n) is 4.14. The average Bonchev–Trinajstić information content (AvgIpc) is 2.52. The molecule has 2 aromatic rings. The van der Waals surface area contributed by atoms with Crippen molar-refractivity contribution in [3.63, 3.8) is 0 Å². The van der Waals surface area contributed by atoms with E-state index in [0.29, 0.717) is 5.75 Å². The second-order valence-corrected chi connectivity index (χ2v) is 8.10. The van der Waals surface area contributed by atoms with E-state index in [2.05, 4.69) is 66.3 Å². The quantitative estimate of drug-likeness (QED) is 0.688. The van der Waals surface area contributed by atoms with E-state index < -0.39 is 0 Å². The summed E-state index contributed by atoms with van der Waals surface area (Å²) >= 11 is 5.07. The fourth-order valence-electron chi connectivity index (χ4n) is 2.65. The molecule has 0 bridgehead atoms. The Morgan fingerprint density at radius 1 is 1.08 bits per heavy atom. The average molecular weight is 406 g/mol. The third kappa shape index (κ3) is 5.38. The molecule has 24 heavy (non-hydrogen) atoms. The van der Waals surface area contributed by atoms with Gasteiger partial charge in [-0.05, 0) is 67.6 Å². The molecule has 0 unspecified atom stereocenters. The number of halogens is 1. The van der Waals surface area contributed by atoms with Crippen LogP contribution in [0.3, 0.4) is 0 Å². The molecular weight excluding hydrogens is 382 g/mol. The van der Waals surface area contributed by atoms with Gasteiger partial charge < -0.3 is 5.32 Å². The highest BCUT2D eigenvalue weighted by Gasteiger charge is 2.13. The molecular formula is C20H24BrNOS.